The van der Waals surface area contributed by atoms with E-state index in [1.54, 1.807) is 23.2 Å². The summed E-state index contributed by atoms with van der Waals surface area (Å²) in [5.41, 5.74) is 0.932. The van der Waals surface area contributed by atoms with Crippen molar-refractivity contribution in [1.82, 2.24) is 14.8 Å². The van der Waals surface area contributed by atoms with Gasteiger partial charge in [-0.1, -0.05) is 25.0 Å². The molecule has 2 saturated heterocycles. The number of aromatic nitrogens is 1. The fourth-order valence-electron chi connectivity index (χ4n) is 6.29. The second kappa shape index (κ2) is 11.8. The van der Waals surface area contributed by atoms with Gasteiger partial charge in [0.1, 0.15) is 0 Å². The molecule has 3 aliphatic rings. The number of alkyl halides is 3. The molecule has 3 heterocycles. The van der Waals surface area contributed by atoms with Crippen LogP contribution in [0.15, 0.2) is 42.6 Å². The van der Waals surface area contributed by atoms with Gasteiger partial charge in [0.2, 0.25) is 5.88 Å². The van der Waals surface area contributed by atoms with Crippen LogP contribution in [0.4, 0.5) is 13.2 Å². The summed E-state index contributed by atoms with van der Waals surface area (Å²) in [5, 5.41) is 9.85. The highest BCUT2D eigenvalue weighted by Crippen LogP contribution is 2.51. The smallest absolute Gasteiger partial charge is 0.395 e. The third-order valence-corrected chi connectivity index (χ3v) is 8.75. The SMILES string of the molecule is O=C(c1ccc(-c2ccc(OCC3CCN(CC4(C(F)(F)F)CCCC4)CC3)nc2)cc1)N1CCCC(O)C1. The Morgan fingerprint density at radius 3 is 2.28 bits per heavy atom. The average molecular weight is 546 g/mol. The van der Waals surface area contributed by atoms with Crippen LogP contribution in [0.1, 0.15) is 61.7 Å². The van der Waals surface area contributed by atoms with Gasteiger partial charge in [-0.05, 0) is 81.3 Å². The maximum absolute atomic E-state index is 13.7. The van der Waals surface area contributed by atoms with Crippen LogP contribution in [-0.2, 0) is 0 Å². The summed E-state index contributed by atoms with van der Waals surface area (Å²) in [6.45, 7) is 3.03. The standard InChI is InChI=1S/C30H38F3N3O3/c31-30(32,33)29(13-1-2-14-29)21-35-16-11-22(12-17-35)20-39-27-10-9-25(18-34-27)23-5-7-24(8-6-23)28(38)36-15-3-4-26(37)19-36/h5-10,18,22,26,37H,1-4,11-17,19-21H2. The number of β-amino-alcohol motifs (C(OH)–C–C–N with tert-alkyl or cyclic N) is 1. The quantitative estimate of drug-likeness (QED) is 0.494. The van der Waals surface area contributed by atoms with Gasteiger partial charge < -0.3 is 19.6 Å². The largest absolute Gasteiger partial charge is 0.477 e. The number of piperidine rings is 2. The molecule has 1 atom stereocenters. The second-order valence-corrected chi connectivity index (χ2v) is 11.5. The lowest BCUT2D eigenvalue weighted by Gasteiger charge is -2.40. The minimum atomic E-state index is -4.13. The zero-order valence-electron chi connectivity index (χ0n) is 22.3. The van der Waals surface area contributed by atoms with Gasteiger partial charge in [-0.25, -0.2) is 4.98 Å². The molecule has 6 nitrogen and oxygen atoms in total. The maximum Gasteiger partial charge on any atom is 0.395 e. The molecule has 0 bridgehead atoms. The van der Waals surface area contributed by atoms with Gasteiger partial charge in [0.25, 0.3) is 5.91 Å². The van der Waals surface area contributed by atoms with Crippen LogP contribution >= 0.6 is 0 Å². The monoisotopic (exact) mass is 545 g/mol. The predicted molar refractivity (Wildman–Crippen MR) is 142 cm³/mol. The number of benzene rings is 1. The Bertz CT molecular complexity index is 1090. The number of nitrogens with zero attached hydrogens (tertiary/aromatic N) is 3. The van der Waals surface area contributed by atoms with E-state index in [1.165, 1.54) is 0 Å². The fraction of sp³-hybridized carbons (Fsp3) is 0.600. The zero-order chi connectivity index (χ0) is 27.5. The van der Waals surface area contributed by atoms with Crippen molar-refractivity contribution in [2.24, 2.45) is 11.3 Å². The number of ether oxygens (including phenoxy) is 1. The van der Waals surface area contributed by atoms with Crippen LogP contribution in [0.25, 0.3) is 11.1 Å². The van der Waals surface area contributed by atoms with Gasteiger partial charge in [-0.3, -0.25) is 4.79 Å². The molecule has 0 spiro atoms. The molecule has 1 aromatic heterocycles. The molecule has 2 aromatic rings. The normalized spacial score (nSPS) is 22.7. The predicted octanol–water partition coefficient (Wildman–Crippen LogP) is 5.56. The topological polar surface area (TPSA) is 65.9 Å². The second-order valence-electron chi connectivity index (χ2n) is 11.5. The van der Waals surface area contributed by atoms with Crippen molar-refractivity contribution in [3.8, 4) is 17.0 Å². The lowest BCUT2D eigenvalue weighted by molar-refractivity contribution is -0.228. The highest BCUT2D eigenvalue weighted by atomic mass is 19.4. The number of aliphatic hydroxyl groups excluding tert-OH is 1. The first-order valence-corrected chi connectivity index (χ1v) is 14.2. The maximum atomic E-state index is 13.7. The minimum absolute atomic E-state index is 0.0635. The van der Waals surface area contributed by atoms with Crippen LogP contribution in [0, 0.1) is 11.3 Å². The number of amides is 1. The van der Waals surface area contributed by atoms with Gasteiger partial charge in [0, 0.05) is 43.0 Å². The van der Waals surface area contributed by atoms with Crippen LogP contribution < -0.4 is 4.74 Å². The zero-order valence-corrected chi connectivity index (χ0v) is 22.3. The van der Waals surface area contributed by atoms with Gasteiger partial charge in [-0.2, -0.15) is 13.2 Å². The van der Waals surface area contributed by atoms with E-state index >= 15 is 0 Å². The third kappa shape index (κ3) is 6.57. The highest BCUT2D eigenvalue weighted by molar-refractivity contribution is 5.94. The van der Waals surface area contributed by atoms with Crippen molar-refractivity contribution in [2.45, 2.75) is 63.6 Å². The Labute approximate surface area is 228 Å². The first-order valence-electron chi connectivity index (χ1n) is 14.2. The fourth-order valence-corrected chi connectivity index (χ4v) is 6.29. The van der Waals surface area contributed by atoms with Crippen molar-refractivity contribution in [1.29, 1.82) is 0 Å². The van der Waals surface area contributed by atoms with Crippen LogP contribution in [0.5, 0.6) is 5.88 Å². The summed E-state index contributed by atoms with van der Waals surface area (Å²) in [5.74, 6) is 0.768. The van der Waals surface area contributed by atoms with Crippen LogP contribution in [-0.4, -0.2) is 77.4 Å². The van der Waals surface area contributed by atoms with E-state index in [0.717, 1.165) is 36.8 Å². The van der Waals surface area contributed by atoms with Gasteiger partial charge in [0.05, 0.1) is 18.1 Å². The van der Waals surface area contributed by atoms with Gasteiger partial charge in [0.15, 0.2) is 0 Å². The lowest BCUT2D eigenvalue weighted by atomic mass is 9.83. The van der Waals surface area contributed by atoms with Crippen LogP contribution in [0.2, 0.25) is 0 Å². The van der Waals surface area contributed by atoms with Gasteiger partial charge in [-0.15, -0.1) is 0 Å². The van der Waals surface area contributed by atoms with E-state index in [-0.39, 0.29) is 25.3 Å². The van der Waals surface area contributed by atoms with Crippen molar-refractivity contribution in [3.63, 3.8) is 0 Å². The third-order valence-electron chi connectivity index (χ3n) is 8.75. The molecule has 1 saturated carbocycles. The molecule has 9 heteroatoms. The van der Waals surface area contributed by atoms with Crippen molar-refractivity contribution < 1.29 is 27.8 Å². The Morgan fingerprint density at radius 1 is 0.974 bits per heavy atom. The van der Waals surface area contributed by atoms with Gasteiger partial charge >= 0.3 is 6.18 Å². The molecule has 39 heavy (non-hydrogen) atoms. The molecule has 2 aliphatic heterocycles. The summed E-state index contributed by atoms with van der Waals surface area (Å²) < 4.78 is 47.2. The Hall–Kier alpha value is -2.65. The highest BCUT2D eigenvalue weighted by Gasteiger charge is 2.56. The van der Waals surface area contributed by atoms with Crippen LogP contribution in [0.3, 0.4) is 0 Å². The number of likely N-dealkylation sites (tertiary alicyclic amines) is 2. The van der Waals surface area contributed by atoms with E-state index in [4.69, 9.17) is 4.74 Å². The molecule has 1 unspecified atom stereocenters. The molecule has 1 aliphatic carbocycles. The molecule has 5 rings (SSSR count). The van der Waals surface area contributed by atoms with Crippen molar-refractivity contribution in [3.05, 3.63) is 48.2 Å². The van der Waals surface area contributed by atoms with E-state index in [9.17, 15) is 23.1 Å². The molecule has 3 fully saturated rings. The van der Waals surface area contributed by atoms with E-state index in [2.05, 4.69) is 4.98 Å². The number of hydrogen-bond donors (Lipinski definition) is 1. The number of rotatable bonds is 7. The van der Waals surface area contributed by atoms with E-state index in [0.29, 0.717) is 63.0 Å². The molecule has 0 radical (unpaired) electrons. The average Bonchev–Trinajstić information content (AvgIpc) is 3.43. The summed E-state index contributed by atoms with van der Waals surface area (Å²) in [7, 11) is 0. The lowest BCUT2D eigenvalue weighted by Crippen LogP contribution is -2.48. The van der Waals surface area contributed by atoms with E-state index in [1.807, 2.05) is 29.2 Å². The molecule has 1 aromatic carbocycles. The molecular formula is C30H38F3N3O3. The first-order chi connectivity index (χ1) is 18.7. The first kappa shape index (κ1) is 27.9. The molecule has 1 N–H and O–H groups in total. The number of pyridine rings is 1. The number of carbonyl (C=O) groups is 1. The Balaban J connectivity index is 1.08. The molecule has 212 valence electrons. The molecular weight excluding hydrogens is 507 g/mol. The number of carbonyl (C=O) groups excluding carboxylic acids is 1. The number of aliphatic hydroxyl groups is 1. The Kier molecular flexibility index (Phi) is 8.47. The molecule has 1 amide bonds. The van der Waals surface area contributed by atoms with Crippen molar-refractivity contribution >= 4 is 5.91 Å². The summed E-state index contributed by atoms with van der Waals surface area (Å²) >= 11 is 0. The van der Waals surface area contributed by atoms with E-state index < -0.39 is 17.7 Å². The minimum Gasteiger partial charge on any atom is -0.477 e. The Morgan fingerprint density at radius 2 is 1.67 bits per heavy atom. The van der Waals surface area contributed by atoms with Crippen molar-refractivity contribution in [2.75, 3.05) is 39.3 Å². The summed E-state index contributed by atoms with van der Waals surface area (Å²) in [4.78, 5) is 20.9. The summed E-state index contributed by atoms with van der Waals surface area (Å²) in [6, 6.07) is 11.2. The summed E-state index contributed by atoms with van der Waals surface area (Å²) in [6.07, 6.45) is 2.23. The number of hydrogen-bond acceptors (Lipinski definition) is 5. The number of halogens is 3.